The van der Waals surface area contributed by atoms with Crippen molar-refractivity contribution in [3.63, 3.8) is 0 Å². The molecule has 23 heavy (non-hydrogen) atoms. The highest BCUT2D eigenvalue weighted by Crippen LogP contribution is 2.26. The molecule has 0 saturated heterocycles. The zero-order valence-electron chi connectivity index (χ0n) is 13.6. The molecule has 0 saturated carbocycles. The van der Waals surface area contributed by atoms with Gasteiger partial charge in [0.2, 0.25) is 0 Å². The van der Waals surface area contributed by atoms with Crippen molar-refractivity contribution in [3.8, 4) is 11.1 Å². The Kier molecular flexibility index (Phi) is 4.64. The van der Waals surface area contributed by atoms with E-state index in [2.05, 4.69) is 0 Å². The standard InChI is InChI=1S/C19H19FO3/c1-12(21)16-10-9-15(20)11-17(16)13-5-7-14(8-6-13)18(22)23-19(2,3)4/h5-11H,1-4H3. The number of rotatable bonds is 3. The van der Waals surface area contributed by atoms with Gasteiger partial charge in [-0.25, -0.2) is 9.18 Å². The van der Waals surface area contributed by atoms with Gasteiger partial charge in [-0.1, -0.05) is 12.1 Å². The Morgan fingerprint density at radius 2 is 1.61 bits per heavy atom. The number of carbonyl (C=O) groups excluding carboxylic acids is 2. The van der Waals surface area contributed by atoms with E-state index in [0.29, 0.717) is 22.3 Å². The summed E-state index contributed by atoms with van der Waals surface area (Å²) in [5.41, 5.74) is 1.45. The largest absolute Gasteiger partial charge is 0.456 e. The molecule has 0 aliphatic heterocycles. The lowest BCUT2D eigenvalue weighted by Gasteiger charge is -2.19. The smallest absolute Gasteiger partial charge is 0.338 e. The number of hydrogen-bond acceptors (Lipinski definition) is 3. The molecule has 4 heteroatoms. The van der Waals surface area contributed by atoms with Crippen LogP contribution in [0.5, 0.6) is 0 Å². The molecule has 0 amide bonds. The average Bonchev–Trinajstić information content (AvgIpc) is 2.45. The van der Waals surface area contributed by atoms with Gasteiger partial charge in [0.25, 0.3) is 0 Å². The van der Waals surface area contributed by atoms with E-state index in [1.165, 1.54) is 25.1 Å². The van der Waals surface area contributed by atoms with Crippen molar-refractivity contribution in [1.82, 2.24) is 0 Å². The number of hydrogen-bond donors (Lipinski definition) is 0. The first-order chi connectivity index (χ1) is 10.7. The van der Waals surface area contributed by atoms with Crippen molar-refractivity contribution in [2.45, 2.75) is 33.3 Å². The minimum atomic E-state index is -0.569. The number of ketones is 1. The van der Waals surface area contributed by atoms with E-state index < -0.39 is 17.4 Å². The third kappa shape index (κ3) is 4.25. The van der Waals surface area contributed by atoms with E-state index in [1.807, 2.05) is 0 Å². The lowest BCUT2D eigenvalue weighted by molar-refractivity contribution is 0.00694. The lowest BCUT2D eigenvalue weighted by Crippen LogP contribution is -2.23. The van der Waals surface area contributed by atoms with Crippen LogP contribution in [-0.4, -0.2) is 17.4 Å². The van der Waals surface area contributed by atoms with E-state index in [1.54, 1.807) is 45.0 Å². The Labute approximate surface area is 135 Å². The quantitative estimate of drug-likeness (QED) is 0.612. The molecular formula is C19H19FO3. The summed E-state index contributed by atoms with van der Waals surface area (Å²) < 4.78 is 18.8. The molecule has 0 radical (unpaired) electrons. The van der Waals surface area contributed by atoms with E-state index in [4.69, 9.17) is 4.74 Å². The molecule has 0 heterocycles. The summed E-state index contributed by atoms with van der Waals surface area (Å²) >= 11 is 0. The summed E-state index contributed by atoms with van der Waals surface area (Å²) in [4.78, 5) is 23.7. The third-order valence-corrected chi connectivity index (χ3v) is 3.19. The van der Waals surface area contributed by atoms with Crippen LogP contribution in [0.15, 0.2) is 42.5 Å². The summed E-state index contributed by atoms with van der Waals surface area (Å²) in [6, 6.07) is 10.6. The zero-order chi connectivity index (χ0) is 17.2. The maximum atomic E-state index is 13.5. The highest BCUT2D eigenvalue weighted by Gasteiger charge is 2.18. The molecule has 0 unspecified atom stereocenters. The molecule has 0 aliphatic rings. The van der Waals surface area contributed by atoms with Crippen molar-refractivity contribution < 1.29 is 18.7 Å². The maximum absolute atomic E-state index is 13.5. The lowest BCUT2D eigenvalue weighted by atomic mass is 9.96. The number of esters is 1. The predicted molar refractivity (Wildman–Crippen MR) is 87.0 cm³/mol. The van der Waals surface area contributed by atoms with Crippen molar-refractivity contribution in [3.05, 3.63) is 59.4 Å². The van der Waals surface area contributed by atoms with E-state index in [-0.39, 0.29) is 5.78 Å². The van der Waals surface area contributed by atoms with Crippen LogP contribution in [0.2, 0.25) is 0 Å². The highest BCUT2D eigenvalue weighted by molar-refractivity contribution is 6.01. The Morgan fingerprint density at radius 3 is 2.13 bits per heavy atom. The summed E-state index contributed by atoms with van der Waals surface area (Å²) in [5, 5.41) is 0. The van der Waals surface area contributed by atoms with Crippen LogP contribution in [0.3, 0.4) is 0 Å². The van der Waals surface area contributed by atoms with Crippen LogP contribution in [0, 0.1) is 5.82 Å². The van der Waals surface area contributed by atoms with Crippen LogP contribution in [0.1, 0.15) is 48.4 Å². The first kappa shape index (κ1) is 16.9. The van der Waals surface area contributed by atoms with E-state index in [0.717, 1.165) is 0 Å². The molecule has 0 aliphatic carbocycles. The maximum Gasteiger partial charge on any atom is 0.338 e. The van der Waals surface area contributed by atoms with Gasteiger partial charge >= 0.3 is 5.97 Å². The van der Waals surface area contributed by atoms with Gasteiger partial charge < -0.3 is 4.74 Å². The van der Waals surface area contributed by atoms with Gasteiger partial charge in [-0.2, -0.15) is 0 Å². The molecule has 0 aromatic heterocycles. The summed E-state index contributed by atoms with van der Waals surface area (Å²) in [6.45, 7) is 6.83. The molecule has 2 rings (SSSR count). The SMILES string of the molecule is CC(=O)c1ccc(F)cc1-c1ccc(C(=O)OC(C)(C)C)cc1. The molecule has 0 N–H and O–H groups in total. The number of benzene rings is 2. The highest BCUT2D eigenvalue weighted by atomic mass is 19.1. The predicted octanol–water partition coefficient (Wildman–Crippen LogP) is 4.65. The molecular weight excluding hydrogens is 295 g/mol. The number of carbonyl (C=O) groups is 2. The second kappa shape index (κ2) is 6.32. The number of Topliss-reactive ketones (excluding diaryl/α,β-unsaturated/α-hetero) is 1. The third-order valence-electron chi connectivity index (χ3n) is 3.19. The second-order valence-corrected chi connectivity index (χ2v) is 6.33. The summed E-state index contributed by atoms with van der Waals surface area (Å²) in [5.74, 6) is -0.979. The van der Waals surface area contributed by atoms with Crippen molar-refractivity contribution in [1.29, 1.82) is 0 Å². The molecule has 0 bridgehead atoms. The normalized spacial score (nSPS) is 11.2. The zero-order valence-corrected chi connectivity index (χ0v) is 13.6. The van der Waals surface area contributed by atoms with Crippen LogP contribution in [0.25, 0.3) is 11.1 Å². The van der Waals surface area contributed by atoms with Gasteiger partial charge in [0.15, 0.2) is 5.78 Å². The second-order valence-electron chi connectivity index (χ2n) is 6.33. The van der Waals surface area contributed by atoms with Gasteiger partial charge in [0.05, 0.1) is 5.56 Å². The minimum Gasteiger partial charge on any atom is -0.456 e. The van der Waals surface area contributed by atoms with Gasteiger partial charge in [0, 0.05) is 5.56 Å². The summed E-state index contributed by atoms with van der Waals surface area (Å²) in [7, 11) is 0. The first-order valence-electron chi connectivity index (χ1n) is 7.31. The Morgan fingerprint density at radius 1 is 1.00 bits per heavy atom. The van der Waals surface area contributed by atoms with Gasteiger partial charge in [0.1, 0.15) is 11.4 Å². The van der Waals surface area contributed by atoms with Crippen LogP contribution in [-0.2, 0) is 4.74 Å². The van der Waals surface area contributed by atoms with Gasteiger partial charge in [-0.05, 0) is 69.2 Å². The fraction of sp³-hybridized carbons (Fsp3) is 0.263. The number of ether oxygens (including phenoxy) is 1. The molecule has 2 aromatic carbocycles. The fourth-order valence-electron chi connectivity index (χ4n) is 2.19. The Balaban J connectivity index is 2.35. The molecule has 120 valence electrons. The van der Waals surface area contributed by atoms with E-state index in [9.17, 15) is 14.0 Å². The molecule has 2 aromatic rings. The van der Waals surface area contributed by atoms with Crippen LogP contribution < -0.4 is 0 Å². The van der Waals surface area contributed by atoms with Crippen molar-refractivity contribution in [2.24, 2.45) is 0 Å². The van der Waals surface area contributed by atoms with Crippen molar-refractivity contribution in [2.75, 3.05) is 0 Å². The average molecular weight is 314 g/mol. The summed E-state index contributed by atoms with van der Waals surface area (Å²) in [6.07, 6.45) is 0. The molecule has 0 spiro atoms. The molecule has 3 nitrogen and oxygen atoms in total. The Hall–Kier alpha value is -2.49. The monoisotopic (exact) mass is 314 g/mol. The first-order valence-corrected chi connectivity index (χ1v) is 7.31. The van der Waals surface area contributed by atoms with E-state index >= 15 is 0 Å². The van der Waals surface area contributed by atoms with Gasteiger partial charge in [-0.15, -0.1) is 0 Å². The topological polar surface area (TPSA) is 43.4 Å². The minimum absolute atomic E-state index is 0.142. The van der Waals surface area contributed by atoms with Crippen molar-refractivity contribution >= 4 is 11.8 Å². The van der Waals surface area contributed by atoms with Crippen LogP contribution >= 0.6 is 0 Å². The Bertz CT molecular complexity index is 740. The van der Waals surface area contributed by atoms with Crippen LogP contribution in [0.4, 0.5) is 4.39 Å². The molecule has 0 fully saturated rings. The molecule has 0 atom stereocenters. The van der Waals surface area contributed by atoms with Gasteiger partial charge in [-0.3, -0.25) is 4.79 Å². The number of halogens is 1. The fourth-order valence-corrected chi connectivity index (χ4v) is 2.19.